The van der Waals surface area contributed by atoms with Gasteiger partial charge in [-0.1, -0.05) is 18.2 Å². The maximum atomic E-state index is 13.2. The second kappa shape index (κ2) is 5.58. The highest BCUT2D eigenvalue weighted by molar-refractivity contribution is 5.88. The molecule has 0 spiro atoms. The number of aromatic amines is 1. The third kappa shape index (κ3) is 3.14. The zero-order chi connectivity index (χ0) is 12.8. The van der Waals surface area contributed by atoms with E-state index in [2.05, 4.69) is 25.8 Å². The summed E-state index contributed by atoms with van der Waals surface area (Å²) in [5.74, 6) is -0.127. The summed E-state index contributed by atoms with van der Waals surface area (Å²) < 4.78 is 13.2. The normalized spacial score (nSPS) is 10.5. The van der Waals surface area contributed by atoms with Crippen LogP contribution in [0.4, 0.5) is 15.1 Å². The number of nitrogens with one attached hydrogen (secondary N) is 3. The number of hydrogen-bond acceptors (Lipinski definition) is 3. The molecular formula is C11H10FN5O. The molecule has 2 aromatic rings. The summed E-state index contributed by atoms with van der Waals surface area (Å²) in [6.45, 7) is 0. The van der Waals surface area contributed by atoms with Crippen LogP contribution in [0.1, 0.15) is 5.56 Å². The van der Waals surface area contributed by atoms with E-state index >= 15 is 0 Å². The van der Waals surface area contributed by atoms with Crippen molar-refractivity contribution in [1.29, 1.82) is 0 Å². The van der Waals surface area contributed by atoms with Crippen molar-refractivity contribution in [1.82, 2.24) is 20.5 Å². The Morgan fingerprint density at radius 3 is 2.94 bits per heavy atom. The second-order valence-corrected chi connectivity index (χ2v) is 3.29. The second-order valence-electron chi connectivity index (χ2n) is 3.29. The number of H-pyrrole nitrogens is 1. The van der Waals surface area contributed by atoms with Gasteiger partial charge in [0.05, 0.1) is 0 Å². The fourth-order valence-electron chi connectivity index (χ4n) is 1.23. The van der Waals surface area contributed by atoms with Crippen molar-refractivity contribution in [3.8, 4) is 0 Å². The first kappa shape index (κ1) is 11.8. The van der Waals surface area contributed by atoms with Crippen molar-refractivity contribution in [3.63, 3.8) is 0 Å². The van der Waals surface area contributed by atoms with Crippen LogP contribution in [0, 0.1) is 5.82 Å². The Kier molecular flexibility index (Phi) is 3.65. The molecule has 6 nitrogen and oxygen atoms in total. The van der Waals surface area contributed by atoms with Crippen molar-refractivity contribution in [2.75, 3.05) is 5.32 Å². The fourth-order valence-corrected chi connectivity index (χ4v) is 1.23. The van der Waals surface area contributed by atoms with Gasteiger partial charge in [0.25, 0.3) is 0 Å². The third-order valence-electron chi connectivity index (χ3n) is 2.03. The topological polar surface area (TPSA) is 82.7 Å². The number of rotatable bonds is 3. The molecule has 1 aromatic carbocycles. The van der Waals surface area contributed by atoms with Gasteiger partial charge in [0.2, 0.25) is 5.95 Å². The maximum absolute atomic E-state index is 13.2. The number of benzene rings is 1. The lowest BCUT2D eigenvalue weighted by atomic mass is 10.2. The SMILES string of the molecule is O=C(N/C=C/c1ccccc1F)Nc1ncn[nH]1. The monoisotopic (exact) mass is 247 g/mol. The van der Waals surface area contributed by atoms with Crippen LogP contribution >= 0.6 is 0 Å². The number of amides is 2. The van der Waals surface area contributed by atoms with Crippen molar-refractivity contribution in [3.05, 3.63) is 48.2 Å². The zero-order valence-electron chi connectivity index (χ0n) is 9.22. The van der Waals surface area contributed by atoms with Gasteiger partial charge < -0.3 is 5.32 Å². The zero-order valence-corrected chi connectivity index (χ0v) is 9.22. The first-order valence-electron chi connectivity index (χ1n) is 5.09. The standard InChI is InChI=1S/C11H10FN5O/c12-9-4-2-1-3-8(9)5-6-13-11(18)16-10-14-7-15-17-10/h1-7H,(H3,13,14,15,16,17,18)/b6-5+. The highest BCUT2D eigenvalue weighted by atomic mass is 19.1. The first-order chi connectivity index (χ1) is 8.75. The molecule has 0 radical (unpaired) electrons. The molecule has 0 fully saturated rings. The molecule has 1 heterocycles. The Balaban J connectivity index is 1.88. The fraction of sp³-hybridized carbons (Fsp3) is 0. The average molecular weight is 247 g/mol. The van der Waals surface area contributed by atoms with E-state index in [-0.39, 0.29) is 11.8 Å². The molecule has 2 amide bonds. The summed E-state index contributed by atoms with van der Waals surface area (Å²) in [4.78, 5) is 15.0. The van der Waals surface area contributed by atoms with E-state index in [0.29, 0.717) is 5.56 Å². The van der Waals surface area contributed by atoms with Crippen LogP contribution in [0.3, 0.4) is 0 Å². The van der Waals surface area contributed by atoms with Gasteiger partial charge >= 0.3 is 6.03 Å². The minimum absolute atomic E-state index is 0.229. The molecule has 0 aliphatic heterocycles. The first-order valence-corrected chi connectivity index (χ1v) is 5.09. The number of hydrogen-bond donors (Lipinski definition) is 3. The highest BCUT2D eigenvalue weighted by Crippen LogP contribution is 2.07. The molecule has 0 unspecified atom stereocenters. The average Bonchev–Trinajstić information content (AvgIpc) is 2.84. The highest BCUT2D eigenvalue weighted by Gasteiger charge is 2.00. The molecular weight excluding hydrogens is 237 g/mol. The van der Waals surface area contributed by atoms with E-state index in [1.165, 1.54) is 24.7 Å². The van der Waals surface area contributed by atoms with Crippen molar-refractivity contribution < 1.29 is 9.18 Å². The summed E-state index contributed by atoms with van der Waals surface area (Å²) in [5.41, 5.74) is 0.387. The van der Waals surface area contributed by atoms with Gasteiger partial charge in [0.1, 0.15) is 12.1 Å². The predicted octanol–water partition coefficient (Wildman–Crippen LogP) is 1.74. The Morgan fingerprint density at radius 2 is 2.22 bits per heavy atom. The summed E-state index contributed by atoms with van der Waals surface area (Å²) in [6.07, 6.45) is 4.06. The van der Waals surface area contributed by atoms with Gasteiger partial charge in [-0.05, 0) is 12.1 Å². The van der Waals surface area contributed by atoms with Crippen LogP contribution < -0.4 is 10.6 Å². The van der Waals surface area contributed by atoms with E-state index in [9.17, 15) is 9.18 Å². The van der Waals surface area contributed by atoms with Gasteiger partial charge in [-0.25, -0.2) is 14.3 Å². The van der Waals surface area contributed by atoms with Crippen molar-refractivity contribution >= 4 is 18.1 Å². The molecule has 0 bridgehead atoms. The van der Waals surface area contributed by atoms with E-state index < -0.39 is 6.03 Å². The number of nitrogens with zero attached hydrogens (tertiary/aromatic N) is 2. The third-order valence-corrected chi connectivity index (χ3v) is 2.03. The van der Waals surface area contributed by atoms with Gasteiger partial charge in [-0.15, -0.1) is 0 Å². The minimum atomic E-state index is -0.501. The molecule has 92 valence electrons. The Bertz CT molecular complexity index is 552. The van der Waals surface area contributed by atoms with Gasteiger partial charge in [-0.3, -0.25) is 5.32 Å². The Morgan fingerprint density at radius 1 is 1.39 bits per heavy atom. The Labute approximate surface area is 102 Å². The summed E-state index contributed by atoms with van der Waals surface area (Å²) in [7, 11) is 0. The summed E-state index contributed by atoms with van der Waals surface area (Å²) in [6, 6.07) is 5.74. The summed E-state index contributed by atoms with van der Waals surface area (Å²) >= 11 is 0. The van der Waals surface area contributed by atoms with Crippen molar-refractivity contribution in [2.45, 2.75) is 0 Å². The quantitative estimate of drug-likeness (QED) is 0.772. The minimum Gasteiger partial charge on any atom is -0.314 e. The number of carbonyl (C=O) groups excluding carboxylic acids is 1. The molecule has 7 heteroatoms. The lowest BCUT2D eigenvalue weighted by molar-refractivity contribution is 0.255. The number of aromatic nitrogens is 3. The van der Waals surface area contributed by atoms with Gasteiger partial charge in [0, 0.05) is 11.8 Å². The number of carbonyl (C=O) groups is 1. The van der Waals surface area contributed by atoms with Gasteiger partial charge in [0.15, 0.2) is 0 Å². The molecule has 0 saturated carbocycles. The van der Waals surface area contributed by atoms with Crippen LogP contribution in [0.5, 0.6) is 0 Å². The van der Waals surface area contributed by atoms with Crippen LogP contribution in [0.15, 0.2) is 36.8 Å². The molecule has 0 atom stereocenters. The number of halogens is 1. The lowest BCUT2D eigenvalue weighted by Crippen LogP contribution is -2.24. The smallest absolute Gasteiger partial charge is 0.314 e. The molecule has 2 rings (SSSR count). The van der Waals surface area contributed by atoms with Crippen LogP contribution in [-0.2, 0) is 0 Å². The van der Waals surface area contributed by atoms with E-state index in [1.54, 1.807) is 18.2 Å². The molecule has 3 N–H and O–H groups in total. The largest absolute Gasteiger partial charge is 0.325 e. The Hall–Kier alpha value is -2.70. The summed E-state index contributed by atoms with van der Waals surface area (Å²) in [5, 5.41) is 10.8. The van der Waals surface area contributed by atoms with Crippen LogP contribution in [-0.4, -0.2) is 21.2 Å². The van der Waals surface area contributed by atoms with E-state index in [1.807, 2.05) is 0 Å². The van der Waals surface area contributed by atoms with E-state index in [0.717, 1.165) is 0 Å². The van der Waals surface area contributed by atoms with Crippen LogP contribution in [0.25, 0.3) is 6.08 Å². The van der Waals surface area contributed by atoms with E-state index in [4.69, 9.17) is 0 Å². The number of urea groups is 1. The number of anilines is 1. The molecule has 0 aliphatic carbocycles. The lowest BCUT2D eigenvalue weighted by Gasteiger charge is -2.00. The van der Waals surface area contributed by atoms with Crippen LogP contribution in [0.2, 0.25) is 0 Å². The van der Waals surface area contributed by atoms with Gasteiger partial charge in [-0.2, -0.15) is 10.1 Å². The molecule has 0 aliphatic rings. The van der Waals surface area contributed by atoms with Crippen molar-refractivity contribution in [2.24, 2.45) is 0 Å². The predicted molar refractivity (Wildman–Crippen MR) is 64.0 cm³/mol. The molecule has 1 aromatic heterocycles. The molecule has 0 saturated heterocycles. The maximum Gasteiger partial charge on any atom is 0.325 e. The molecule has 18 heavy (non-hydrogen) atoms.